The Labute approximate surface area is 141 Å². The second kappa shape index (κ2) is 6.91. The molecule has 1 unspecified atom stereocenters. The normalized spacial score (nSPS) is 29.3. The standard InChI is InChI=1S/C18H23NO5/c20-12-18(17(22)23)6-7-19(11-18)16(21)14-8-15(9-14)24-10-13-4-2-1-3-5-13/h1-5,14-15,20H,6-12H2,(H,22,23). The van der Waals surface area contributed by atoms with Crippen LogP contribution in [0, 0.1) is 11.3 Å². The number of hydrogen-bond donors (Lipinski definition) is 2. The molecule has 2 aliphatic rings. The zero-order valence-electron chi connectivity index (χ0n) is 13.6. The van der Waals surface area contributed by atoms with E-state index in [0.717, 1.165) is 5.56 Å². The fourth-order valence-corrected chi connectivity index (χ4v) is 3.38. The van der Waals surface area contributed by atoms with Gasteiger partial charge in [-0.2, -0.15) is 0 Å². The summed E-state index contributed by atoms with van der Waals surface area (Å²) in [5.74, 6) is -1.13. The Morgan fingerprint density at radius 3 is 2.54 bits per heavy atom. The number of ether oxygens (including phenoxy) is 1. The molecule has 6 nitrogen and oxygen atoms in total. The molecule has 24 heavy (non-hydrogen) atoms. The highest BCUT2D eigenvalue weighted by Crippen LogP contribution is 2.36. The lowest BCUT2D eigenvalue weighted by atomic mass is 9.81. The van der Waals surface area contributed by atoms with Crippen molar-refractivity contribution in [2.24, 2.45) is 11.3 Å². The maximum atomic E-state index is 12.5. The number of carbonyl (C=O) groups excluding carboxylic acids is 1. The summed E-state index contributed by atoms with van der Waals surface area (Å²) in [6.45, 7) is 0.615. The van der Waals surface area contributed by atoms with Crippen LogP contribution in [0.15, 0.2) is 30.3 Å². The fraction of sp³-hybridized carbons (Fsp3) is 0.556. The molecule has 1 aliphatic heterocycles. The number of carbonyl (C=O) groups is 2. The van der Waals surface area contributed by atoms with Crippen LogP contribution in [0.1, 0.15) is 24.8 Å². The van der Waals surface area contributed by atoms with E-state index in [2.05, 4.69) is 0 Å². The molecular formula is C18H23NO5. The minimum atomic E-state index is -1.19. The molecule has 0 aromatic heterocycles. The highest BCUT2D eigenvalue weighted by atomic mass is 16.5. The number of benzene rings is 1. The third kappa shape index (κ3) is 3.30. The Morgan fingerprint density at radius 2 is 1.96 bits per heavy atom. The van der Waals surface area contributed by atoms with Gasteiger partial charge in [-0.3, -0.25) is 9.59 Å². The average Bonchev–Trinajstić information content (AvgIpc) is 3.00. The van der Waals surface area contributed by atoms with E-state index >= 15 is 0 Å². The third-order valence-electron chi connectivity index (χ3n) is 5.19. The van der Waals surface area contributed by atoms with Crippen molar-refractivity contribution < 1.29 is 24.5 Å². The molecule has 1 saturated heterocycles. The maximum absolute atomic E-state index is 12.5. The number of carboxylic acid groups (broad SMARTS) is 1. The number of aliphatic carboxylic acids is 1. The first-order chi connectivity index (χ1) is 11.5. The van der Waals surface area contributed by atoms with Gasteiger partial charge in [0.05, 0.1) is 19.3 Å². The molecule has 1 aromatic rings. The summed E-state index contributed by atoms with van der Waals surface area (Å²) >= 11 is 0. The molecule has 1 heterocycles. The van der Waals surface area contributed by atoms with Crippen LogP contribution in [0.5, 0.6) is 0 Å². The maximum Gasteiger partial charge on any atom is 0.313 e. The number of hydrogen-bond acceptors (Lipinski definition) is 4. The van der Waals surface area contributed by atoms with Crippen LogP contribution in [0.3, 0.4) is 0 Å². The first-order valence-electron chi connectivity index (χ1n) is 8.33. The van der Waals surface area contributed by atoms with Crippen LogP contribution in [-0.2, 0) is 20.9 Å². The lowest BCUT2D eigenvalue weighted by Crippen LogP contribution is -2.45. The Balaban J connectivity index is 1.45. The first kappa shape index (κ1) is 16.9. The van der Waals surface area contributed by atoms with Crippen molar-refractivity contribution >= 4 is 11.9 Å². The van der Waals surface area contributed by atoms with E-state index in [-0.39, 0.29) is 24.5 Å². The van der Waals surface area contributed by atoms with Crippen molar-refractivity contribution in [1.29, 1.82) is 0 Å². The van der Waals surface area contributed by atoms with Gasteiger partial charge in [0.25, 0.3) is 0 Å². The van der Waals surface area contributed by atoms with Crippen molar-refractivity contribution in [3.05, 3.63) is 35.9 Å². The molecule has 2 N–H and O–H groups in total. The van der Waals surface area contributed by atoms with Gasteiger partial charge in [-0.05, 0) is 24.8 Å². The number of rotatable bonds is 6. The van der Waals surface area contributed by atoms with E-state index in [4.69, 9.17) is 4.74 Å². The summed E-state index contributed by atoms with van der Waals surface area (Å²) in [6.07, 6.45) is 1.76. The molecule has 1 atom stereocenters. The molecule has 0 radical (unpaired) electrons. The molecule has 0 bridgehead atoms. The van der Waals surface area contributed by atoms with Gasteiger partial charge in [0.15, 0.2) is 0 Å². The van der Waals surface area contributed by atoms with Crippen LogP contribution < -0.4 is 0 Å². The smallest absolute Gasteiger partial charge is 0.313 e. The van der Waals surface area contributed by atoms with Gasteiger partial charge in [0, 0.05) is 19.0 Å². The third-order valence-corrected chi connectivity index (χ3v) is 5.19. The van der Waals surface area contributed by atoms with E-state index in [1.54, 1.807) is 4.90 Å². The number of aliphatic hydroxyl groups is 1. The number of aliphatic hydroxyl groups excluding tert-OH is 1. The monoisotopic (exact) mass is 333 g/mol. The topological polar surface area (TPSA) is 87.1 Å². The summed E-state index contributed by atoms with van der Waals surface area (Å²) in [6, 6.07) is 9.91. The second-order valence-corrected chi connectivity index (χ2v) is 6.84. The Bertz CT molecular complexity index is 599. The highest BCUT2D eigenvalue weighted by Gasteiger charge is 2.48. The molecular weight excluding hydrogens is 310 g/mol. The van der Waals surface area contributed by atoms with Crippen LogP contribution in [0.25, 0.3) is 0 Å². The first-order valence-corrected chi connectivity index (χ1v) is 8.33. The van der Waals surface area contributed by atoms with E-state index in [1.165, 1.54) is 0 Å². The quantitative estimate of drug-likeness (QED) is 0.819. The van der Waals surface area contributed by atoms with Gasteiger partial charge in [-0.15, -0.1) is 0 Å². The van der Waals surface area contributed by atoms with Crippen molar-refractivity contribution in [3.63, 3.8) is 0 Å². The minimum Gasteiger partial charge on any atom is -0.481 e. The predicted octanol–water partition coefficient (Wildman–Crippen LogP) is 1.28. The Morgan fingerprint density at radius 1 is 1.25 bits per heavy atom. The molecule has 2 fully saturated rings. The second-order valence-electron chi connectivity index (χ2n) is 6.84. The highest BCUT2D eigenvalue weighted by molar-refractivity contribution is 5.83. The van der Waals surface area contributed by atoms with E-state index in [1.807, 2.05) is 30.3 Å². The van der Waals surface area contributed by atoms with Crippen molar-refractivity contribution in [2.75, 3.05) is 19.7 Å². The number of nitrogens with zero attached hydrogens (tertiary/aromatic N) is 1. The van der Waals surface area contributed by atoms with Crippen molar-refractivity contribution in [1.82, 2.24) is 4.90 Å². The molecule has 6 heteroatoms. The SMILES string of the molecule is O=C(C1CC(OCc2ccccc2)C1)N1CCC(CO)(C(=O)O)C1. The van der Waals surface area contributed by atoms with E-state index < -0.39 is 18.0 Å². The number of likely N-dealkylation sites (tertiary alicyclic amines) is 1. The number of amides is 1. The predicted molar refractivity (Wildman–Crippen MR) is 86.1 cm³/mol. The van der Waals surface area contributed by atoms with Gasteiger partial charge >= 0.3 is 5.97 Å². The number of carboxylic acids is 1. The molecule has 0 spiro atoms. The lowest BCUT2D eigenvalue weighted by Gasteiger charge is -2.36. The zero-order chi connectivity index (χ0) is 17.2. The van der Waals surface area contributed by atoms with Gasteiger partial charge in [-0.25, -0.2) is 0 Å². The molecule has 3 rings (SSSR count). The van der Waals surface area contributed by atoms with E-state index in [9.17, 15) is 19.8 Å². The fourth-order valence-electron chi connectivity index (χ4n) is 3.38. The van der Waals surface area contributed by atoms with Crippen LogP contribution in [0.2, 0.25) is 0 Å². The van der Waals surface area contributed by atoms with Gasteiger partial charge < -0.3 is 19.8 Å². The van der Waals surface area contributed by atoms with Crippen molar-refractivity contribution in [2.45, 2.75) is 32.0 Å². The Hall–Kier alpha value is -1.92. The average molecular weight is 333 g/mol. The van der Waals surface area contributed by atoms with Gasteiger partial charge in [0.1, 0.15) is 5.41 Å². The Kier molecular flexibility index (Phi) is 4.87. The van der Waals surface area contributed by atoms with Crippen LogP contribution in [0.4, 0.5) is 0 Å². The molecule has 130 valence electrons. The molecule has 1 amide bonds. The lowest BCUT2D eigenvalue weighted by molar-refractivity contribution is -0.152. The summed E-state index contributed by atoms with van der Waals surface area (Å²) in [7, 11) is 0. The van der Waals surface area contributed by atoms with Crippen LogP contribution >= 0.6 is 0 Å². The largest absolute Gasteiger partial charge is 0.481 e. The van der Waals surface area contributed by atoms with Gasteiger partial charge in [-0.1, -0.05) is 30.3 Å². The summed E-state index contributed by atoms with van der Waals surface area (Å²) in [5.41, 5.74) is -0.0798. The summed E-state index contributed by atoms with van der Waals surface area (Å²) in [5, 5.41) is 18.7. The summed E-state index contributed by atoms with van der Waals surface area (Å²) < 4.78 is 5.80. The molecule has 1 saturated carbocycles. The molecule has 1 aromatic carbocycles. The summed E-state index contributed by atoms with van der Waals surface area (Å²) in [4.78, 5) is 25.4. The zero-order valence-corrected chi connectivity index (χ0v) is 13.6. The minimum absolute atomic E-state index is 0.00821. The van der Waals surface area contributed by atoms with Gasteiger partial charge in [0.2, 0.25) is 5.91 Å². The van der Waals surface area contributed by atoms with Crippen molar-refractivity contribution in [3.8, 4) is 0 Å². The molecule has 1 aliphatic carbocycles. The van der Waals surface area contributed by atoms with Crippen LogP contribution in [-0.4, -0.2) is 52.8 Å². The van der Waals surface area contributed by atoms with E-state index in [0.29, 0.717) is 32.4 Å².